The van der Waals surface area contributed by atoms with Crippen molar-refractivity contribution in [2.45, 2.75) is 65.2 Å². The van der Waals surface area contributed by atoms with Crippen LogP contribution in [0, 0.1) is 0 Å². The maximum Gasteiger partial charge on any atom is 0.513 e. The second-order valence-electron chi connectivity index (χ2n) is 8.60. The highest BCUT2D eigenvalue weighted by Gasteiger charge is 2.31. The molecule has 0 aliphatic heterocycles. The Hall–Kier alpha value is -3.68. The van der Waals surface area contributed by atoms with Crippen LogP contribution in [-0.2, 0) is 9.47 Å². The summed E-state index contributed by atoms with van der Waals surface area (Å²) in [7, 11) is 0. The average molecular weight is 497 g/mol. The van der Waals surface area contributed by atoms with Crippen molar-refractivity contribution < 1.29 is 38.1 Å². The van der Waals surface area contributed by atoms with Crippen molar-refractivity contribution in [2.75, 3.05) is 13.2 Å². The molecule has 0 spiro atoms. The Bertz CT molecular complexity index is 1020. The molecule has 36 heavy (non-hydrogen) atoms. The SMILES string of the molecule is CCCCCCOC(=O)Oc1ccc2c(c1)C(=O)c1ccc(OC(=O)OCCCCCC)cc1C2=O. The van der Waals surface area contributed by atoms with Gasteiger partial charge in [-0.1, -0.05) is 52.4 Å². The lowest BCUT2D eigenvalue weighted by atomic mass is 9.84. The summed E-state index contributed by atoms with van der Waals surface area (Å²) in [6, 6.07) is 8.45. The first-order valence-corrected chi connectivity index (χ1v) is 12.5. The normalized spacial score (nSPS) is 11.9. The van der Waals surface area contributed by atoms with E-state index in [2.05, 4.69) is 13.8 Å². The average Bonchev–Trinajstić information content (AvgIpc) is 2.87. The van der Waals surface area contributed by atoms with Crippen LogP contribution in [0.4, 0.5) is 9.59 Å². The second kappa shape index (κ2) is 13.4. The maximum atomic E-state index is 13.1. The third-order valence-electron chi connectivity index (χ3n) is 5.80. The molecule has 1 aliphatic rings. The largest absolute Gasteiger partial charge is 0.513 e. The molecule has 0 heterocycles. The number of ether oxygens (including phenoxy) is 4. The van der Waals surface area contributed by atoms with E-state index in [0.29, 0.717) is 0 Å². The molecule has 0 unspecified atom stereocenters. The Morgan fingerprint density at radius 2 is 1.00 bits per heavy atom. The zero-order chi connectivity index (χ0) is 25.9. The predicted octanol–water partition coefficient (Wildman–Crippen LogP) is 6.65. The standard InChI is InChI=1S/C28H32O8/c1-3-5-7-9-15-33-27(31)35-19-11-13-21-23(17-19)25(29)22-14-12-20(18-24(22)26(21)30)36-28(32)34-16-10-8-6-4-2/h11-14,17-18H,3-10,15-16H2,1-2H3. The summed E-state index contributed by atoms with van der Waals surface area (Å²) in [6.07, 6.45) is 6.00. The molecule has 0 bridgehead atoms. The number of rotatable bonds is 12. The lowest BCUT2D eigenvalue weighted by Gasteiger charge is -2.18. The number of carbonyl (C=O) groups excluding carboxylic acids is 4. The minimum Gasteiger partial charge on any atom is -0.434 e. The number of fused-ring (bicyclic) bond motifs is 2. The smallest absolute Gasteiger partial charge is 0.434 e. The molecular formula is C28H32O8. The fourth-order valence-corrected chi connectivity index (χ4v) is 3.86. The van der Waals surface area contributed by atoms with Crippen LogP contribution in [0.1, 0.15) is 97.1 Å². The summed E-state index contributed by atoms with van der Waals surface area (Å²) in [5.74, 6) is -0.580. The van der Waals surface area contributed by atoms with Gasteiger partial charge in [-0.05, 0) is 49.2 Å². The van der Waals surface area contributed by atoms with Crippen molar-refractivity contribution in [1.82, 2.24) is 0 Å². The van der Waals surface area contributed by atoms with E-state index in [1.807, 2.05) is 0 Å². The Labute approximate surface area is 210 Å². The number of benzene rings is 2. The van der Waals surface area contributed by atoms with Gasteiger partial charge >= 0.3 is 12.3 Å². The number of carbonyl (C=O) groups is 4. The van der Waals surface area contributed by atoms with Gasteiger partial charge in [-0.15, -0.1) is 0 Å². The van der Waals surface area contributed by atoms with E-state index in [-0.39, 0.29) is 47.0 Å². The van der Waals surface area contributed by atoms with E-state index in [0.717, 1.165) is 51.4 Å². The third kappa shape index (κ3) is 7.16. The van der Waals surface area contributed by atoms with Gasteiger partial charge in [0.15, 0.2) is 11.6 Å². The Morgan fingerprint density at radius 3 is 1.39 bits per heavy atom. The zero-order valence-electron chi connectivity index (χ0n) is 20.8. The fourth-order valence-electron chi connectivity index (χ4n) is 3.86. The Balaban J connectivity index is 1.63. The lowest BCUT2D eigenvalue weighted by Crippen LogP contribution is -2.22. The Morgan fingerprint density at radius 1 is 0.583 bits per heavy atom. The second-order valence-corrected chi connectivity index (χ2v) is 8.60. The van der Waals surface area contributed by atoms with Crippen LogP contribution in [0.25, 0.3) is 0 Å². The molecule has 0 saturated carbocycles. The molecule has 0 saturated heterocycles. The highest BCUT2D eigenvalue weighted by molar-refractivity contribution is 6.28. The molecule has 3 rings (SSSR count). The molecule has 2 aromatic carbocycles. The molecule has 192 valence electrons. The summed E-state index contributed by atoms with van der Waals surface area (Å²) in [4.78, 5) is 50.0. The van der Waals surface area contributed by atoms with Crippen molar-refractivity contribution in [1.29, 1.82) is 0 Å². The first-order valence-electron chi connectivity index (χ1n) is 12.5. The van der Waals surface area contributed by atoms with Crippen molar-refractivity contribution in [3.05, 3.63) is 58.7 Å². The first kappa shape index (κ1) is 26.9. The van der Waals surface area contributed by atoms with Crippen LogP contribution in [0.3, 0.4) is 0 Å². The van der Waals surface area contributed by atoms with Gasteiger partial charge in [-0.3, -0.25) is 9.59 Å². The van der Waals surface area contributed by atoms with Crippen LogP contribution >= 0.6 is 0 Å². The third-order valence-corrected chi connectivity index (χ3v) is 5.80. The summed E-state index contributed by atoms with van der Waals surface area (Å²) < 4.78 is 20.5. The van der Waals surface area contributed by atoms with Gasteiger partial charge in [-0.25, -0.2) is 9.59 Å². The van der Waals surface area contributed by atoms with E-state index >= 15 is 0 Å². The zero-order valence-corrected chi connectivity index (χ0v) is 20.8. The number of ketones is 2. The minimum absolute atomic E-state index is 0.110. The van der Waals surface area contributed by atoms with Gasteiger partial charge in [0.25, 0.3) is 0 Å². The van der Waals surface area contributed by atoms with Gasteiger partial charge in [0.2, 0.25) is 0 Å². The number of unbranched alkanes of at least 4 members (excludes halogenated alkanes) is 6. The Kier molecular flexibility index (Phi) is 10.0. The van der Waals surface area contributed by atoms with E-state index in [9.17, 15) is 19.2 Å². The monoisotopic (exact) mass is 496 g/mol. The molecular weight excluding hydrogens is 464 g/mol. The molecule has 8 nitrogen and oxygen atoms in total. The quantitative estimate of drug-likeness (QED) is 0.156. The highest BCUT2D eigenvalue weighted by atomic mass is 16.7. The van der Waals surface area contributed by atoms with Gasteiger partial charge in [0, 0.05) is 22.3 Å². The van der Waals surface area contributed by atoms with Gasteiger partial charge in [0.05, 0.1) is 13.2 Å². The van der Waals surface area contributed by atoms with Gasteiger partial charge < -0.3 is 18.9 Å². The molecule has 0 amide bonds. The molecule has 0 atom stereocenters. The molecule has 1 aliphatic carbocycles. The van der Waals surface area contributed by atoms with E-state index in [4.69, 9.17) is 18.9 Å². The molecule has 0 aromatic heterocycles. The van der Waals surface area contributed by atoms with E-state index < -0.39 is 23.9 Å². The molecule has 0 fully saturated rings. The van der Waals surface area contributed by atoms with Crippen LogP contribution in [-0.4, -0.2) is 37.1 Å². The van der Waals surface area contributed by atoms with Gasteiger partial charge in [-0.2, -0.15) is 0 Å². The first-order chi connectivity index (χ1) is 17.4. The molecule has 8 heteroatoms. The summed E-state index contributed by atoms with van der Waals surface area (Å²) in [5.41, 5.74) is 0.591. The van der Waals surface area contributed by atoms with E-state index in [1.54, 1.807) is 0 Å². The van der Waals surface area contributed by atoms with Crippen LogP contribution in [0.5, 0.6) is 11.5 Å². The van der Waals surface area contributed by atoms with Crippen LogP contribution in [0.2, 0.25) is 0 Å². The molecule has 0 radical (unpaired) electrons. The summed E-state index contributed by atoms with van der Waals surface area (Å²) in [5, 5.41) is 0. The van der Waals surface area contributed by atoms with E-state index in [1.165, 1.54) is 36.4 Å². The van der Waals surface area contributed by atoms with Crippen molar-refractivity contribution in [3.8, 4) is 11.5 Å². The van der Waals surface area contributed by atoms with Crippen LogP contribution < -0.4 is 9.47 Å². The lowest BCUT2D eigenvalue weighted by molar-refractivity contribution is 0.0950. The summed E-state index contributed by atoms with van der Waals surface area (Å²) >= 11 is 0. The molecule has 2 aromatic rings. The van der Waals surface area contributed by atoms with Crippen LogP contribution in [0.15, 0.2) is 36.4 Å². The van der Waals surface area contributed by atoms with Crippen molar-refractivity contribution in [2.24, 2.45) is 0 Å². The van der Waals surface area contributed by atoms with Gasteiger partial charge in [0.1, 0.15) is 11.5 Å². The highest BCUT2D eigenvalue weighted by Crippen LogP contribution is 2.32. The minimum atomic E-state index is -0.861. The maximum absolute atomic E-state index is 13.1. The predicted molar refractivity (Wildman–Crippen MR) is 132 cm³/mol. The van der Waals surface area contributed by atoms with Crippen molar-refractivity contribution in [3.63, 3.8) is 0 Å². The number of hydrogen-bond acceptors (Lipinski definition) is 8. The number of hydrogen-bond donors (Lipinski definition) is 0. The fraction of sp³-hybridized carbons (Fsp3) is 0.429. The van der Waals surface area contributed by atoms with Crippen molar-refractivity contribution >= 4 is 23.9 Å². The summed E-state index contributed by atoms with van der Waals surface area (Å²) in [6.45, 7) is 4.70. The topological polar surface area (TPSA) is 105 Å². The molecule has 0 N–H and O–H groups in total.